The van der Waals surface area contributed by atoms with Crippen molar-refractivity contribution in [2.75, 3.05) is 31.1 Å². The van der Waals surface area contributed by atoms with Gasteiger partial charge >= 0.3 is 5.97 Å². The molecule has 2 aromatic rings. The van der Waals surface area contributed by atoms with Gasteiger partial charge in [-0.15, -0.1) is 0 Å². The third-order valence-electron chi connectivity index (χ3n) is 2.97. The molecule has 5 nitrogen and oxygen atoms in total. The summed E-state index contributed by atoms with van der Waals surface area (Å²) < 4.78 is 4.50. The molecule has 0 atom stereocenters. The zero-order valence-corrected chi connectivity index (χ0v) is 11.2. The second-order valence-electron chi connectivity index (χ2n) is 4.36. The van der Waals surface area contributed by atoms with E-state index in [4.69, 9.17) is 5.11 Å². The van der Waals surface area contributed by atoms with Gasteiger partial charge in [-0.2, -0.15) is 0 Å². The fraction of sp³-hybridized carbons (Fsp3) is 0.267. The zero-order valence-electron chi connectivity index (χ0n) is 11.2. The fourth-order valence-corrected chi connectivity index (χ4v) is 1.96. The van der Waals surface area contributed by atoms with E-state index in [-0.39, 0.29) is 5.76 Å². The first-order chi connectivity index (χ1) is 9.77. The van der Waals surface area contributed by atoms with E-state index < -0.39 is 5.97 Å². The third kappa shape index (κ3) is 4.13. The van der Waals surface area contributed by atoms with E-state index in [2.05, 4.69) is 45.0 Å². The van der Waals surface area contributed by atoms with Crippen LogP contribution in [0, 0.1) is 0 Å². The Labute approximate surface area is 117 Å². The minimum Gasteiger partial charge on any atom is -0.475 e. The van der Waals surface area contributed by atoms with Gasteiger partial charge < -0.3 is 19.7 Å². The highest BCUT2D eigenvalue weighted by atomic mass is 16.4. The number of furan rings is 1. The standard InChI is InChI=1S/C10H14N2.C5H4O3/c1-2-4-10(5-3-1)12-8-6-11-7-9-12;6-5(7)4-2-1-3-8-4/h1-5,11H,6-9H2;1-3H,(H,6,7). The Morgan fingerprint density at radius 3 is 2.30 bits per heavy atom. The Bertz CT molecular complexity index is 505. The smallest absolute Gasteiger partial charge is 0.371 e. The van der Waals surface area contributed by atoms with Crippen molar-refractivity contribution >= 4 is 11.7 Å². The minimum atomic E-state index is -1.03. The van der Waals surface area contributed by atoms with E-state index in [0.717, 1.165) is 26.2 Å². The summed E-state index contributed by atoms with van der Waals surface area (Å²) in [6.45, 7) is 4.47. The molecule has 2 N–H and O–H groups in total. The molecule has 1 aromatic carbocycles. The number of nitrogens with zero attached hydrogens (tertiary/aromatic N) is 1. The van der Waals surface area contributed by atoms with Gasteiger partial charge in [0.15, 0.2) is 0 Å². The monoisotopic (exact) mass is 274 g/mol. The molecule has 0 aliphatic carbocycles. The van der Waals surface area contributed by atoms with Crippen molar-refractivity contribution in [2.45, 2.75) is 0 Å². The second kappa shape index (κ2) is 7.35. The Hall–Kier alpha value is -2.27. The number of rotatable bonds is 2. The van der Waals surface area contributed by atoms with E-state index >= 15 is 0 Å². The Morgan fingerprint density at radius 2 is 1.80 bits per heavy atom. The quantitative estimate of drug-likeness (QED) is 0.877. The molecular weight excluding hydrogens is 256 g/mol. The second-order valence-corrected chi connectivity index (χ2v) is 4.36. The molecule has 0 bridgehead atoms. The number of carbonyl (C=O) groups is 1. The van der Waals surface area contributed by atoms with Crippen molar-refractivity contribution in [1.29, 1.82) is 0 Å². The van der Waals surface area contributed by atoms with Crippen LogP contribution in [-0.4, -0.2) is 37.3 Å². The summed E-state index contributed by atoms with van der Waals surface area (Å²) >= 11 is 0. The number of nitrogens with one attached hydrogen (secondary N) is 1. The summed E-state index contributed by atoms with van der Waals surface area (Å²) in [6, 6.07) is 13.5. The van der Waals surface area contributed by atoms with Crippen LogP contribution < -0.4 is 10.2 Å². The van der Waals surface area contributed by atoms with Gasteiger partial charge in [-0.05, 0) is 24.3 Å². The van der Waals surface area contributed by atoms with Gasteiger partial charge in [0, 0.05) is 31.9 Å². The van der Waals surface area contributed by atoms with Crippen LogP contribution in [0.4, 0.5) is 5.69 Å². The lowest BCUT2D eigenvalue weighted by Crippen LogP contribution is -2.43. The number of piperazine rings is 1. The van der Waals surface area contributed by atoms with E-state index in [9.17, 15) is 4.79 Å². The average molecular weight is 274 g/mol. The van der Waals surface area contributed by atoms with E-state index in [1.54, 1.807) is 0 Å². The first kappa shape index (κ1) is 14.1. The number of aromatic carboxylic acids is 1. The number of benzene rings is 1. The molecule has 0 radical (unpaired) electrons. The van der Waals surface area contributed by atoms with E-state index in [0.29, 0.717) is 0 Å². The Balaban J connectivity index is 0.000000160. The molecule has 0 spiro atoms. The molecule has 106 valence electrons. The first-order valence-electron chi connectivity index (χ1n) is 6.55. The molecule has 3 rings (SSSR count). The molecule has 20 heavy (non-hydrogen) atoms. The van der Waals surface area contributed by atoms with Crippen molar-refractivity contribution in [3.8, 4) is 0 Å². The zero-order chi connectivity index (χ0) is 14.2. The number of anilines is 1. The van der Waals surface area contributed by atoms with Crippen molar-refractivity contribution in [3.05, 3.63) is 54.5 Å². The van der Waals surface area contributed by atoms with Crippen LogP contribution in [0.3, 0.4) is 0 Å². The SMILES string of the molecule is O=C(O)c1ccco1.c1ccc(N2CCNCC2)cc1. The molecule has 0 amide bonds. The van der Waals surface area contributed by atoms with Gasteiger partial charge in [0.1, 0.15) is 0 Å². The van der Waals surface area contributed by atoms with Gasteiger partial charge in [0.25, 0.3) is 0 Å². The van der Waals surface area contributed by atoms with Crippen LogP contribution in [0.1, 0.15) is 10.6 Å². The highest BCUT2D eigenvalue weighted by molar-refractivity contribution is 5.84. The Morgan fingerprint density at radius 1 is 1.10 bits per heavy atom. The van der Waals surface area contributed by atoms with Crippen molar-refractivity contribution < 1.29 is 14.3 Å². The summed E-state index contributed by atoms with van der Waals surface area (Å²) in [4.78, 5) is 12.4. The van der Waals surface area contributed by atoms with Crippen LogP contribution in [0.5, 0.6) is 0 Å². The van der Waals surface area contributed by atoms with Crippen molar-refractivity contribution in [1.82, 2.24) is 5.32 Å². The third-order valence-corrected chi connectivity index (χ3v) is 2.97. The summed E-state index contributed by atoms with van der Waals surface area (Å²) in [5.74, 6) is -1.06. The van der Waals surface area contributed by atoms with Gasteiger partial charge in [0.2, 0.25) is 5.76 Å². The minimum absolute atomic E-state index is 0.0231. The maximum atomic E-state index is 9.97. The number of hydrogen-bond acceptors (Lipinski definition) is 4. The van der Waals surface area contributed by atoms with E-state index in [1.807, 2.05) is 0 Å². The normalized spacial score (nSPS) is 14.3. The van der Waals surface area contributed by atoms with Gasteiger partial charge in [-0.25, -0.2) is 4.79 Å². The first-order valence-corrected chi connectivity index (χ1v) is 6.55. The predicted octanol–water partition coefficient (Wildman–Crippen LogP) is 2.07. The lowest BCUT2D eigenvalue weighted by molar-refractivity contribution is 0.0662. The summed E-state index contributed by atoms with van der Waals surface area (Å²) in [5.41, 5.74) is 1.35. The van der Waals surface area contributed by atoms with Gasteiger partial charge in [-0.3, -0.25) is 0 Å². The topological polar surface area (TPSA) is 65.7 Å². The summed E-state index contributed by atoms with van der Waals surface area (Å²) in [5, 5.41) is 11.5. The van der Waals surface area contributed by atoms with Gasteiger partial charge in [-0.1, -0.05) is 18.2 Å². The molecule has 0 unspecified atom stereocenters. The molecular formula is C15H18N2O3. The maximum absolute atomic E-state index is 9.97. The maximum Gasteiger partial charge on any atom is 0.371 e. The van der Waals surface area contributed by atoms with Crippen molar-refractivity contribution in [2.24, 2.45) is 0 Å². The molecule has 5 heteroatoms. The molecule has 1 aliphatic rings. The lowest BCUT2D eigenvalue weighted by atomic mass is 10.2. The molecule has 1 saturated heterocycles. The predicted molar refractivity (Wildman–Crippen MR) is 77.2 cm³/mol. The molecule has 1 aliphatic heterocycles. The van der Waals surface area contributed by atoms with Crippen LogP contribution in [0.25, 0.3) is 0 Å². The molecule has 1 aromatic heterocycles. The Kier molecular flexibility index (Phi) is 5.20. The number of hydrogen-bond donors (Lipinski definition) is 2. The van der Waals surface area contributed by atoms with E-state index in [1.165, 1.54) is 24.1 Å². The summed E-state index contributed by atoms with van der Waals surface area (Å²) in [6.07, 6.45) is 1.32. The largest absolute Gasteiger partial charge is 0.475 e. The van der Waals surface area contributed by atoms with Crippen LogP contribution in [0.15, 0.2) is 53.1 Å². The number of carboxylic acids is 1. The van der Waals surface area contributed by atoms with Crippen LogP contribution in [-0.2, 0) is 0 Å². The van der Waals surface area contributed by atoms with Crippen molar-refractivity contribution in [3.63, 3.8) is 0 Å². The van der Waals surface area contributed by atoms with Gasteiger partial charge in [0.05, 0.1) is 6.26 Å². The molecule has 0 saturated carbocycles. The average Bonchev–Trinajstić information content (AvgIpc) is 3.04. The summed E-state index contributed by atoms with van der Waals surface area (Å²) in [7, 11) is 0. The lowest BCUT2D eigenvalue weighted by Gasteiger charge is -2.29. The van der Waals surface area contributed by atoms with Crippen LogP contribution in [0.2, 0.25) is 0 Å². The molecule has 1 fully saturated rings. The number of para-hydroxylation sites is 1. The highest BCUT2D eigenvalue weighted by Gasteiger charge is 2.08. The molecule has 2 heterocycles. The van der Waals surface area contributed by atoms with Crippen LogP contribution >= 0.6 is 0 Å². The highest BCUT2D eigenvalue weighted by Crippen LogP contribution is 2.12. The fourth-order valence-electron chi connectivity index (χ4n) is 1.96. The number of carboxylic acid groups (broad SMARTS) is 1.